The molecule has 8 nitrogen and oxygen atoms in total. The van der Waals surface area contributed by atoms with Crippen LogP contribution in [0.3, 0.4) is 0 Å². The van der Waals surface area contributed by atoms with E-state index in [4.69, 9.17) is 9.26 Å². The zero-order valence-electron chi connectivity index (χ0n) is 16.3. The second kappa shape index (κ2) is 8.60. The van der Waals surface area contributed by atoms with Gasteiger partial charge in [0.1, 0.15) is 5.75 Å². The minimum Gasteiger partial charge on any atom is -0.494 e. The van der Waals surface area contributed by atoms with E-state index < -0.39 is 0 Å². The number of aromatic amines is 1. The van der Waals surface area contributed by atoms with Crippen molar-refractivity contribution in [1.29, 1.82) is 0 Å². The molecule has 2 aromatic carbocycles. The van der Waals surface area contributed by atoms with Gasteiger partial charge in [-0.2, -0.15) is 4.98 Å². The molecule has 4 rings (SSSR count). The number of pyridine rings is 1. The van der Waals surface area contributed by atoms with E-state index >= 15 is 0 Å². The number of hydrogen-bond acceptors (Lipinski definition) is 6. The van der Waals surface area contributed by atoms with Crippen LogP contribution in [0.25, 0.3) is 22.3 Å². The van der Waals surface area contributed by atoms with Crippen molar-refractivity contribution in [3.63, 3.8) is 0 Å². The van der Waals surface area contributed by atoms with E-state index in [9.17, 15) is 9.59 Å². The number of benzene rings is 2. The minimum absolute atomic E-state index is 0.170. The normalized spacial score (nSPS) is 10.8. The number of para-hydroxylation sites is 1. The van der Waals surface area contributed by atoms with E-state index in [0.717, 1.165) is 16.7 Å². The second-order valence-corrected chi connectivity index (χ2v) is 6.62. The molecule has 2 N–H and O–H groups in total. The van der Waals surface area contributed by atoms with Crippen LogP contribution in [0, 0.1) is 0 Å². The maximum atomic E-state index is 12.3. The van der Waals surface area contributed by atoms with E-state index in [2.05, 4.69) is 20.4 Å². The number of H-pyrrole nitrogens is 1. The van der Waals surface area contributed by atoms with Gasteiger partial charge in [0.15, 0.2) is 0 Å². The Bertz CT molecular complexity index is 1230. The van der Waals surface area contributed by atoms with Gasteiger partial charge < -0.3 is 19.6 Å². The molecule has 1 amide bonds. The summed E-state index contributed by atoms with van der Waals surface area (Å²) in [7, 11) is 0. The zero-order valence-corrected chi connectivity index (χ0v) is 16.3. The molecule has 0 radical (unpaired) electrons. The van der Waals surface area contributed by atoms with Crippen molar-refractivity contribution in [2.45, 2.75) is 19.8 Å². The van der Waals surface area contributed by atoms with Gasteiger partial charge in [-0.25, -0.2) is 0 Å². The lowest BCUT2D eigenvalue weighted by atomic mass is 10.1. The van der Waals surface area contributed by atoms with Crippen LogP contribution in [-0.4, -0.2) is 27.6 Å². The van der Waals surface area contributed by atoms with Crippen molar-refractivity contribution >= 4 is 22.5 Å². The average Bonchev–Trinajstić information content (AvgIpc) is 3.22. The first-order valence-corrected chi connectivity index (χ1v) is 9.60. The molecule has 0 atom stereocenters. The van der Waals surface area contributed by atoms with E-state index in [-0.39, 0.29) is 30.1 Å². The quantitative estimate of drug-likeness (QED) is 0.487. The van der Waals surface area contributed by atoms with Gasteiger partial charge in [-0.15, -0.1) is 0 Å². The largest absolute Gasteiger partial charge is 0.494 e. The third-order valence-electron chi connectivity index (χ3n) is 4.48. The number of aromatic nitrogens is 3. The Morgan fingerprint density at radius 3 is 2.77 bits per heavy atom. The summed E-state index contributed by atoms with van der Waals surface area (Å²) < 4.78 is 10.6. The average molecular weight is 404 g/mol. The molecule has 0 unspecified atom stereocenters. The Hall–Kier alpha value is -3.94. The summed E-state index contributed by atoms with van der Waals surface area (Å²) in [4.78, 5) is 31.6. The second-order valence-electron chi connectivity index (χ2n) is 6.62. The predicted octanol–water partition coefficient (Wildman–Crippen LogP) is 3.55. The number of anilines is 1. The third kappa shape index (κ3) is 4.38. The van der Waals surface area contributed by atoms with Crippen LogP contribution in [0.15, 0.2) is 63.9 Å². The van der Waals surface area contributed by atoms with Crippen LogP contribution in [0.2, 0.25) is 0 Å². The number of carbonyl (C=O) groups is 1. The summed E-state index contributed by atoms with van der Waals surface area (Å²) in [6.45, 7) is 2.50. The summed E-state index contributed by atoms with van der Waals surface area (Å²) in [5, 5.41) is 7.57. The van der Waals surface area contributed by atoms with Crippen LogP contribution in [0.5, 0.6) is 5.75 Å². The lowest BCUT2D eigenvalue weighted by Gasteiger charge is -2.06. The number of nitrogens with zero attached hydrogens (tertiary/aromatic N) is 2. The van der Waals surface area contributed by atoms with Gasteiger partial charge in [0.2, 0.25) is 17.6 Å². The number of hydrogen-bond donors (Lipinski definition) is 2. The summed E-state index contributed by atoms with van der Waals surface area (Å²) in [6, 6.07) is 16.3. The van der Waals surface area contributed by atoms with Crippen LogP contribution in [0.1, 0.15) is 19.2 Å². The van der Waals surface area contributed by atoms with Crippen molar-refractivity contribution < 1.29 is 14.1 Å². The zero-order chi connectivity index (χ0) is 20.9. The summed E-state index contributed by atoms with van der Waals surface area (Å²) in [6.07, 6.45) is 0.435. The molecule has 0 bridgehead atoms. The highest BCUT2D eigenvalue weighted by atomic mass is 16.5. The highest BCUT2D eigenvalue weighted by Gasteiger charge is 2.14. The van der Waals surface area contributed by atoms with Crippen LogP contribution in [0.4, 0.5) is 5.69 Å². The molecule has 8 heteroatoms. The van der Waals surface area contributed by atoms with Gasteiger partial charge in [0, 0.05) is 24.0 Å². The van der Waals surface area contributed by atoms with Crippen LogP contribution < -0.4 is 15.6 Å². The molecule has 0 saturated carbocycles. The highest BCUT2D eigenvalue weighted by molar-refractivity contribution is 5.90. The van der Waals surface area contributed by atoms with Crippen molar-refractivity contribution in [2.24, 2.45) is 0 Å². The monoisotopic (exact) mass is 404 g/mol. The first-order chi connectivity index (χ1) is 14.6. The van der Waals surface area contributed by atoms with Gasteiger partial charge in [-0.05, 0) is 48.7 Å². The van der Waals surface area contributed by atoms with Crippen molar-refractivity contribution in [3.8, 4) is 17.1 Å². The molecule has 0 saturated heterocycles. The fraction of sp³-hybridized carbons (Fsp3) is 0.182. The van der Waals surface area contributed by atoms with Crippen molar-refractivity contribution in [1.82, 2.24) is 15.1 Å². The number of ether oxygens (including phenoxy) is 1. The smallest absolute Gasteiger partial charge is 0.259 e. The molecule has 0 aliphatic rings. The maximum absolute atomic E-state index is 12.3. The maximum Gasteiger partial charge on any atom is 0.259 e. The fourth-order valence-corrected chi connectivity index (χ4v) is 3.02. The van der Waals surface area contributed by atoms with E-state index in [1.807, 2.05) is 31.2 Å². The predicted molar refractivity (Wildman–Crippen MR) is 112 cm³/mol. The summed E-state index contributed by atoms with van der Waals surface area (Å²) in [5.41, 5.74) is 1.44. The van der Waals surface area contributed by atoms with Gasteiger partial charge in [0.05, 0.1) is 12.2 Å². The fourth-order valence-electron chi connectivity index (χ4n) is 3.02. The first kappa shape index (κ1) is 19.4. The van der Waals surface area contributed by atoms with Crippen LogP contribution >= 0.6 is 0 Å². The topological polar surface area (TPSA) is 110 Å². The molecule has 4 aromatic rings. The first-order valence-electron chi connectivity index (χ1n) is 9.60. The van der Waals surface area contributed by atoms with Gasteiger partial charge >= 0.3 is 0 Å². The summed E-state index contributed by atoms with van der Waals surface area (Å²) in [5.74, 6) is 1.06. The number of nitrogens with one attached hydrogen (secondary N) is 2. The number of aryl methyl sites for hydroxylation is 1. The summed E-state index contributed by atoms with van der Waals surface area (Å²) >= 11 is 0. The van der Waals surface area contributed by atoms with E-state index in [1.165, 1.54) is 0 Å². The van der Waals surface area contributed by atoms with E-state index in [0.29, 0.717) is 23.7 Å². The Kier molecular flexibility index (Phi) is 5.56. The molecule has 0 aliphatic carbocycles. The molecule has 2 heterocycles. The van der Waals surface area contributed by atoms with Gasteiger partial charge in [-0.1, -0.05) is 23.4 Å². The SMILES string of the molecule is CCOc1ccc(NC(=O)CCc2nc(-c3cc4ccccc4[nH]c3=O)no2)cc1. The number of amides is 1. The molecule has 2 aromatic heterocycles. The molecule has 30 heavy (non-hydrogen) atoms. The van der Waals surface area contributed by atoms with Crippen molar-refractivity contribution in [3.05, 3.63) is 70.8 Å². The Labute approximate surface area is 171 Å². The molecule has 0 spiro atoms. The Balaban J connectivity index is 1.39. The lowest BCUT2D eigenvalue weighted by Crippen LogP contribution is -2.12. The number of rotatable bonds is 7. The number of fused-ring (bicyclic) bond motifs is 1. The van der Waals surface area contributed by atoms with E-state index in [1.54, 1.807) is 30.3 Å². The molecule has 0 aliphatic heterocycles. The van der Waals surface area contributed by atoms with Crippen molar-refractivity contribution in [2.75, 3.05) is 11.9 Å². The lowest BCUT2D eigenvalue weighted by molar-refractivity contribution is -0.116. The van der Waals surface area contributed by atoms with Crippen LogP contribution in [-0.2, 0) is 11.2 Å². The number of carbonyl (C=O) groups excluding carboxylic acids is 1. The Morgan fingerprint density at radius 2 is 1.97 bits per heavy atom. The third-order valence-corrected chi connectivity index (χ3v) is 4.48. The van der Waals surface area contributed by atoms with Gasteiger partial charge in [-0.3, -0.25) is 9.59 Å². The molecular formula is C22H20N4O4. The van der Waals surface area contributed by atoms with Gasteiger partial charge in [0.25, 0.3) is 5.56 Å². The standard InChI is InChI=1S/C22H20N4O4/c1-2-29-16-9-7-15(8-10-16)23-19(27)11-12-20-25-21(26-30-20)17-13-14-5-3-4-6-18(14)24-22(17)28/h3-10,13H,2,11-12H2,1H3,(H,23,27)(H,24,28). The minimum atomic E-state index is -0.297. The highest BCUT2D eigenvalue weighted by Crippen LogP contribution is 2.18. The molecule has 152 valence electrons. The Morgan fingerprint density at radius 1 is 1.17 bits per heavy atom. The molecule has 0 fully saturated rings. The molecular weight excluding hydrogens is 384 g/mol.